The van der Waals surface area contributed by atoms with Crippen LogP contribution in [-0.2, 0) is 13.8 Å². The van der Waals surface area contributed by atoms with Crippen LogP contribution in [0.2, 0.25) is 0 Å². The van der Waals surface area contributed by atoms with E-state index in [0.717, 1.165) is 0 Å². The van der Waals surface area contributed by atoms with Gasteiger partial charge in [-0.3, -0.25) is 4.57 Å². The number of alkyl halides is 4. The lowest BCUT2D eigenvalue weighted by molar-refractivity contribution is -0.152. The molecule has 0 fully saturated rings. The van der Waals surface area contributed by atoms with Crippen molar-refractivity contribution in [2.75, 3.05) is 13.2 Å². The van der Waals surface area contributed by atoms with Gasteiger partial charge in [0, 0.05) is 0 Å². The van der Waals surface area contributed by atoms with Gasteiger partial charge in [-0.1, -0.05) is 0 Å². The van der Waals surface area contributed by atoms with Crippen molar-refractivity contribution in [3.63, 3.8) is 0 Å². The zero-order valence-corrected chi connectivity index (χ0v) is 8.64. The molecule has 0 saturated heterocycles. The molecule has 0 aromatic rings. The van der Waals surface area contributed by atoms with Crippen LogP contribution in [0.25, 0.3) is 0 Å². The third-order valence-electron chi connectivity index (χ3n) is 1.16. The summed E-state index contributed by atoms with van der Waals surface area (Å²) in [6.07, 6.45) is -3.94. The molecule has 15 heavy (non-hydrogen) atoms. The number of halogens is 4. The van der Waals surface area contributed by atoms with Gasteiger partial charge < -0.3 is 9.26 Å². The van der Waals surface area contributed by atoms with Gasteiger partial charge in [0.2, 0.25) is 0 Å². The average molecular weight is 252 g/mol. The largest absolute Gasteiger partial charge is 0.452 e. The summed E-state index contributed by atoms with van der Waals surface area (Å²) in [6, 6.07) is 0. The molecule has 0 bridgehead atoms. The summed E-state index contributed by atoms with van der Waals surface area (Å²) in [4.78, 5) is 10.6. The Balaban J connectivity index is 4.06. The molecule has 1 atom stereocenters. The van der Waals surface area contributed by atoms with Crippen LogP contribution in [0, 0.1) is 0 Å². The third kappa shape index (κ3) is 5.13. The molecule has 0 heterocycles. The van der Waals surface area contributed by atoms with Crippen LogP contribution < -0.4 is 0 Å². The van der Waals surface area contributed by atoms with E-state index in [-0.39, 0.29) is 6.61 Å². The van der Waals surface area contributed by atoms with E-state index in [0.29, 0.717) is 0 Å². The summed E-state index contributed by atoms with van der Waals surface area (Å²) in [5, 5.41) is 0. The van der Waals surface area contributed by atoms with Gasteiger partial charge in [-0.05, 0) is 6.92 Å². The number of carbonyl (C=O) groups excluding carboxylic acids is 1. The van der Waals surface area contributed by atoms with E-state index in [1.807, 2.05) is 0 Å². The summed E-state index contributed by atoms with van der Waals surface area (Å²) < 4.78 is 66.2. The van der Waals surface area contributed by atoms with Crippen LogP contribution in [0.15, 0.2) is 0 Å². The fraction of sp³-hybridized carbons (Fsp3) is 0.833. The standard InChI is InChI=1S/C6H9F4O4P/c1-2-14-15(12)5(11)13-3-6(9,10)4(7)8/h4,15H,2-3H2,1H3. The fourth-order valence-corrected chi connectivity index (χ4v) is 1.04. The van der Waals surface area contributed by atoms with Crippen LogP contribution >= 0.6 is 8.03 Å². The van der Waals surface area contributed by atoms with Gasteiger partial charge >= 0.3 is 18.1 Å². The summed E-state index contributed by atoms with van der Waals surface area (Å²) in [6.45, 7) is -0.464. The molecule has 0 amide bonds. The molecule has 0 aromatic heterocycles. The van der Waals surface area contributed by atoms with Crippen molar-refractivity contribution in [3.8, 4) is 0 Å². The highest BCUT2D eigenvalue weighted by atomic mass is 31.1. The van der Waals surface area contributed by atoms with Crippen molar-refractivity contribution in [2.45, 2.75) is 19.3 Å². The maximum Gasteiger partial charge on any atom is 0.388 e. The monoisotopic (exact) mass is 252 g/mol. The first kappa shape index (κ1) is 14.4. The molecule has 0 spiro atoms. The van der Waals surface area contributed by atoms with Gasteiger partial charge in [-0.15, -0.1) is 0 Å². The quantitative estimate of drug-likeness (QED) is 0.538. The maximum absolute atomic E-state index is 12.2. The second kappa shape index (κ2) is 6.07. The van der Waals surface area contributed by atoms with Gasteiger partial charge in [-0.2, -0.15) is 8.78 Å². The second-order valence-corrected chi connectivity index (χ2v) is 3.63. The third-order valence-corrected chi connectivity index (χ3v) is 2.19. The molecule has 9 heteroatoms. The maximum atomic E-state index is 12.2. The van der Waals surface area contributed by atoms with Crippen LogP contribution in [0.1, 0.15) is 6.92 Å². The van der Waals surface area contributed by atoms with E-state index in [2.05, 4.69) is 9.26 Å². The lowest BCUT2D eigenvalue weighted by atomic mass is 10.4. The molecule has 0 saturated carbocycles. The number of hydrogen-bond donors (Lipinski definition) is 0. The first-order valence-corrected chi connectivity index (χ1v) is 5.12. The number of hydrogen-bond acceptors (Lipinski definition) is 4. The molecule has 1 unspecified atom stereocenters. The Morgan fingerprint density at radius 1 is 1.47 bits per heavy atom. The predicted molar refractivity (Wildman–Crippen MR) is 42.9 cm³/mol. The summed E-state index contributed by atoms with van der Waals surface area (Å²) in [5.41, 5.74) is -1.54. The topological polar surface area (TPSA) is 52.6 Å². The summed E-state index contributed by atoms with van der Waals surface area (Å²) in [5.74, 6) is -4.44. The highest BCUT2D eigenvalue weighted by molar-refractivity contribution is 7.58. The van der Waals surface area contributed by atoms with Gasteiger partial charge in [0.05, 0.1) is 6.61 Å². The Labute approximate surface area is 83.4 Å². The molecular weight excluding hydrogens is 243 g/mol. The van der Waals surface area contributed by atoms with E-state index >= 15 is 0 Å². The Morgan fingerprint density at radius 3 is 2.40 bits per heavy atom. The molecule has 0 rings (SSSR count). The smallest absolute Gasteiger partial charge is 0.388 e. The Kier molecular flexibility index (Phi) is 5.82. The molecule has 4 nitrogen and oxygen atoms in total. The highest BCUT2D eigenvalue weighted by Crippen LogP contribution is 2.28. The van der Waals surface area contributed by atoms with E-state index in [1.165, 1.54) is 6.92 Å². The number of rotatable bonds is 6. The minimum atomic E-state index is -4.44. The van der Waals surface area contributed by atoms with Gasteiger partial charge in [0.25, 0.3) is 8.03 Å². The molecule has 0 aromatic carbocycles. The zero-order chi connectivity index (χ0) is 12.1. The van der Waals surface area contributed by atoms with Crippen molar-refractivity contribution in [1.29, 1.82) is 0 Å². The van der Waals surface area contributed by atoms with E-state index in [9.17, 15) is 26.9 Å². The average Bonchev–Trinajstić information content (AvgIpc) is 2.14. The van der Waals surface area contributed by atoms with Crippen LogP contribution in [0.4, 0.5) is 22.4 Å². The second-order valence-electron chi connectivity index (χ2n) is 2.36. The molecule has 0 radical (unpaired) electrons. The lowest BCUT2D eigenvalue weighted by Crippen LogP contribution is -2.32. The first-order valence-electron chi connectivity index (χ1n) is 3.81. The molecule has 0 aliphatic carbocycles. The predicted octanol–water partition coefficient (Wildman–Crippen LogP) is 2.53. The van der Waals surface area contributed by atoms with Crippen LogP contribution in [-0.4, -0.2) is 31.3 Å². The Hall–Kier alpha value is -0.620. The minimum absolute atomic E-state index is 0.0713. The zero-order valence-electron chi connectivity index (χ0n) is 7.64. The SMILES string of the molecule is CCO[PH](=O)C(=O)OCC(F)(F)C(F)F. The Morgan fingerprint density at radius 2 is 2.00 bits per heavy atom. The van der Waals surface area contributed by atoms with Crippen molar-refractivity contribution in [3.05, 3.63) is 0 Å². The van der Waals surface area contributed by atoms with Gasteiger partial charge in [-0.25, -0.2) is 13.6 Å². The molecule has 0 aliphatic heterocycles. The lowest BCUT2D eigenvalue weighted by Gasteiger charge is -2.14. The molecule has 0 N–H and O–H groups in total. The number of ether oxygens (including phenoxy) is 1. The van der Waals surface area contributed by atoms with Crippen molar-refractivity contribution in [1.82, 2.24) is 0 Å². The fourth-order valence-electron chi connectivity index (χ4n) is 0.474. The molecule has 0 aliphatic rings. The van der Waals surface area contributed by atoms with Crippen molar-refractivity contribution in [2.24, 2.45) is 0 Å². The summed E-state index contributed by atoms with van der Waals surface area (Å²) >= 11 is 0. The van der Waals surface area contributed by atoms with E-state index < -0.39 is 32.7 Å². The minimum Gasteiger partial charge on any atom is -0.452 e. The van der Waals surface area contributed by atoms with Crippen molar-refractivity contribution < 1.29 is 36.2 Å². The summed E-state index contributed by atoms with van der Waals surface area (Å²) in [7, 11) is -3.26. The highest BCUT2D eigenvalue weighted by Gasteiger charge is 2.42. The number of carbonyl (C=O) groups is 1. The van der Waals surface area contributed by atoms with E-state index in [4.69, 9.17) is 0 Å². The van der Waals surface area contributed by atoms with Crippen molar-refractivity contribution >= 4 is 13.7 Å². The van der Waals surface area contributed by atoms with Crippen LogP contribution in [0.3, 0.4) is 0 Å². The molecule has 90 valence electrons. The van der Waals surface area contributed by atoms with Gasteiger partial charge in [0.1, 0.15) is 0 Å². The van der Waals surface area contributed by atoms with Gasteiger partial charge in [0.15, 0.2) is 6.61 Å². The first-order chi connectivity index (χ1) is 6.81. The van der Waals surface area contributed by atoms with E-state index in [1.54, 1.807) is 0 Å². The molecular formula is C6H9F4O4P. The Bertz CT molecular complexity index is 245. The van der Waals surface area contributed by atoms with Crippen LogP contribution in [0.5, 0.6) is 0 Å². The normalized spacial score (nSPS) is 14.0.